The average molecular weight is 438 g/mol. The third-order valence-corrected chi connectivity index (χ3v) is 5.82. The summed E-state index contributed by atoms with van der Waals surface area (Å²) >= 11 is 0. The van der Waals surface area contributed by atoms with Crippen molar-refractivity contribution in [2.24, 2.45) is 0 Å². The summed E-state index contributed by atoms with van der Waals surface area (Å²) in [7, 11) is 0. The van der Waals surface area contributed by atoms with Gasteiger partial charge in [0.2, 0.25) is 5.91 Å². The SMILES string of the molecule is CCOC(=O)N1CCN(C(=O)Cn2cnc3c(cnn3-c3cccc(C)c3C)c2=O)CC1. The number of hydrogen-bond donors (Lipinski definition) is 0. The highest BCUT2D eigenvalue weighted by Gasteiger charge is 2.25. The molecule has 3 aromatic rings. The second-order valence-corrected chi connectivity index (χ2v) is 7.76. The molecule has 1 aliphatic heterocycles. The Kier molecular flexibility index (Phi) is 5.93. The van der Waals surface area contributed by atoms with Crippen LogP contribution < -0.4 is 5.56 Å². The Morgan fingerprint density at radius 3 is 2.53 bits per heavy atom. The van der Waals surface area contributed by atoms with Gasteiger partial charge in [0.15, 0.2) is 5.65 Å². The van der Waals surface area contributed by atoms with Gasteiger partial charge >= 0.3 is 6.09 Å². The molecule has 0 bridgehead atoms. The molecule has 0 aliphatic carbocycles. The van der Waals surface area contributed by atoms with Crippen LogP contribution in [0.25, 0.3) is 16.7 Å². The predicted molar refractivity (Wildman–Crippen MR) is 118 cm³/mol. The number of aromatic nitrogens is 4. The Hall–Kier alpha value is -3.69. The van der Waals surface area contributed by atoms with Gasteiger partial charge < -0.3 is 14.5 Å². The molecule has 1 aromatic carbocycles. The number of piperazine rings is 1. The van der Waals surface area contributed by atoms with Gasteiger partial charge in [0, 0.05) is 26.2 Å². The molecule has 168 valence electrons. The zero-order chi connectivity index (χ0) is 22.8. The molecular formula is C22H26N6O4. The Morgan fingerprint density at radius 2 is 1.81 bits per heavy atom. The molecule has 0 radical (unpaired) electrons. The first-order valence-electron chi connectivity index (χ1n) is 10.6. The van der Waals surface area contributed by atoms with Gasteiger partial charge in [-0.3, -0.25) is 14.2 Å². The summed E-state index contributed by atoms with van der Waals surface area (Å²) in [6, 6.07) is 5.89. The van der Waals surface area contributed by atoms with Crippen LogP contribution in [0.1, 0.15) is 18.1 Å². The number of fused-ring (bicyclic) bond motifs is 1. The standard InChI is InChI=1S/C22H26N6O4/c1-4-32-22(31)26-10-8-25(9-11-26)19(29)13-27-14-23-20-17(21(27)30)12-24-28(20)18-7-5-6-15(2)16(18)3/h5-7,12,14H,4,8-11,13H2,1-3H3. The summed E-state index contributed by atoms with van der Waals surface area (Å²) in [6.07, 6.45) is 2.51. The van der Waals surface area contributed by atoms with Gasteiger partial charge in [-0.25, -0.2) is 14.5 Å². The predicted octanol–water partition coefficient (Wildman–Crippen LogP) is 1.50. The molecule has 1 saturated heterocycles. The van der Waals surface area contributed by atoms with Crippen LogP contribution in [0.4, 0.5) is 4.79 Å². The minimum atomic E-state index is -0.369. The quantitative estimate of drug-likeness (QED) is 0.612. The number of amides is 2. The van der Waals surface area contributed by atoms with Gasteiger partial charge in [-0.15, -0.1) is 0 Å². The van der Waals surface area contributed by atoms with E-state index < -0.39 is 0 Å². The average Bonchev–Trinajstić information content (AvgIpc) is 3.22. The van der Waals surface area contributed by atoms with E-state index in [-0.39, 0.29) is 24.1 Å². The highest BCUT2D eigenvalue weighted by molar-refractivity contribution is 5.78. The molecule has 2 amide bonds. The van der Waals surface area contributed by atoms with Gasteiger partial charge in [0.25, 0.3) is 5.56 Å². The van der Waals surface area contributed by atoms with Crippen LogP contribution in [0.15, 0.2) is 35.5 Å². The van der Waals surface area contributed by atoms with Gasteiger partial charge in [-0.05, 0) is 38.0 Å². The third-order valence-electron chi connectivity index (χ3n) is 5.82. The number of benzene rings is 1. The summed E-state index contributed by atoms with van der Waals surface area (Å²) < 4.78 is 7.95. The maximum absolute atomic E-state index is 13.0. The molecule has 1 aliphatic rings. The second-order valence-electron chi connectivity index (χ2n) is 7.76. The normalized spacial score (nSPS) is 14.1. The van der Waals surface area contributed by atoms with Crippen LogP contribution in [0.2, 0.25) is 0 Å². The molecule has 1 fully saturated rings. The summed E-state index contributed by atoms with van der Waals surface area (Å²) in [5.74, 6) is -0.196. The van der Waals surface area contributed by atoms with E-state index in [9.17, 15) is 14.4 Å². The van der Waals surface area contributed by atoms with Crippen molar-refractivity contribution in [2.45, 2.75) is 27.3 Å². The Labute approximate surface area is 185 Å². The smallest absolute Gasteiger partial charge is 0.409 e. The van der Waals surface area contributed by atoms with Crippen LogP contribution in [-0.4, -0.2) is 73.9 Å². The van der Waals surface area contributed by atoms with Crippen molar-refractivity contribution in [3.63, 3.8) is 0 Å². The van der Waals surface area contributed by atoms with Crippen LogP contribution in [-0.2, 0) is 16.1 Å². The lowest BCUT2D eigenvalue weighted by atomic mass is 10.1. The fraction of sp³-hybridized carbons (Fsp3) is 0.409. The lowest BCUT2D eigenvalue weighted by Crippen LogP contribution is -2.51. The maximum atomic E-state index is 13.0. The highest BCUT2D eigenvalue weighted by Crippen LogP contribution is 2.20. The monoisotopic (exact) mass is 438 g/mol. The largest absolute Gasteiger partial charge is 0.450 e. The van der Waals surface area contributed by atoms with E-state index in [4.69, 9.17) is 4.74 Å². The van der Waals surface area contributed by atoms with Crippen molar-refractivity contribution in [3.05, 3.63) is 52.2 Å². The first-order valence-corrected chi connectivity index (χ1v) is 10.6. The van der Waals surface area contributed by atoms with E-state index in [0.29, 0.717) is 43.8 Å². The molecule has 3 heterocycles. The summed E-state index contributed by atoms with van der Waals surface area (Å²) in [4.78, 5) is 45.2. The minimum Gasteiger partial charge on any atom is -0.450 e. The lowest BCUT2D eigenvalue weighted by molar-refractivity contribution is -0.133. The van der Waals surface area contributed by atoms with E-state index >= 15 is 0 Å². The second kappa shape index (κ2) is 8.81. The van der Waals surface area contributed by atoms with Crippen molar-refractivity contribution in [1.82, 2.24) is 29.1 Å². The topological polar surface area (TPSA) is 103 Å². The number of hydrogen-bond acceptors (Lipinski definition) is 6. The molecule has 0 saturated carbocycles. The number of carbonyl (C=O) groups is 2. The first-order chi connectivity index (χ1) is 15.4. The molecule has 0 N–H and O–H groups in total. The Morgan fingerprint density at radius 1 is 1.09 bits per heavy atom. The molecule has 0 unspecified atom stereocenters. The number of rotatable bonds is 4. The molecule has 0 atom stereocenters. The van der Waals surface area contributed by atoms with Crippen LogP contribution in [0.5, 0.6) is 0 Å². The van der Waals surface area contributed by atoms with E-state index in [2.05, 4.69) is 10.1 Å². The maximum Gasteiger partial charge on any atom is 0.409 e. The summed E-state index contributed by atoms with van der Waals surface area (Å²) in [5.41, 5.74) is 3.18. The Bertz CT molecular complexity index is 1220. The highest BCUT2D eigenvalue weighted by atomic mass is 16.6. The van der Waals surface area contributed by atoms with Crippen molar-refractivity contribution in [1.29, 1.82) is 0 Å². The van der Waals surface area contributed by atoms with Crippen LogP contribution in [0, 0.1) is 13.8 Å². The number of ether oxygens (including phenoxy) is 1. The van der Waals surface area contributed by atoms with Crippen molar-refractivity contribution < 1.29 is 14.3 Å². The fourth-order valence-electron chi connectivity index (χ4n) is 3.80. The Balaban J connectivity index is 1.51. The van der Waals surface area contributed by atoms with E-state index in [1.165, 1.54) is 17.1 Å². The van der Waals surface area contributed by atoms with E-state index in [0.717, 1.165) is 16.8 Å². The molecule has 0 spiro atoms. The molecule has 32 heavy (non-hydrogen) atoms. The molecule has 10 heteroatoms. The minimum absolute atomic E-state index is 0.115. The van der Waals surface area contributed by atoms with Gasteiger partial charge in [0.05, 0.1) is 18.5 Å². The van der Waals surface area contributed by atoms with Crippen molar-refractivity contribution in [2.75, 3.05) is 32.8 Å². The van der Waals surface area contributed by atoms with Crippen molar-refractivity contribution in [3.8, 4) is 5.69 Å². The first kappa shape index (κ1) is 21.5. The summed E-state index contributed by atoms with van der Waals surface area (Å²) in [6.45, 7) is 7.57. The van der Waals surface area contributed by atoms with Crippen molar-refractivity contribution >= 4 is 23.0 Å². The molecular weight excluding hydrogens is 412 g/mol. The van der Waals surface area contributed by atoms with E-state index in [1.807, 2.05) is 32.0 Å². The zero-order valence-corrected chi connectivity index (χ0v) is 18.4. The third kappa shape index (κ3) is 3.95. The van der Waals surface area contributed by atoms with Gasteiger partial charge in [-0.1, -0.05) is 12.1 Å². The number of carbonyl (C=O) groups excluding carboxylic acids is 2. The number of aryl methyl sites for hydroxylation is 1. The van der Waals surface area contributed by atoms with Crippen LogP contribution >= 0.6 is 0 Å². The lowest BCUT2D eigenvalue weighted by Gasteiger charge is -2.34. The zero-order valence-electron chi connectivity index (χ0n) is 18.4. The molecule has 2 aromatic heterocycles. The van der Waals surface area contributed by atoms with Gasteiger partial charge in [0.1, 0.15) is 18.3 Å². The fourth-order valence-corrected chi connectivity index (χ4v) is 3.80. The molecule has 4 rings (SSSR count). The van der Waals surface area contributed by atoms with Crippen LogP contribution in [0.3, 0.4) is 0 Å². The van der Waals surface area contributed by atoms with E-state index in [1.54, 1.807) is 21.4 Å². The molecule has 10 nitrogen and oxygen atoms in total. The number of nitrogens with zero attached hydrogens (tertiary/aromatic N) is 6. The van der Waals surface area contributed by atoms with Gasteiger partial charge in [-0.2, -0.15) is 5.10 Å². The summed E-state index contributed by atoms with van der Waals surface area (Å²) in [5, 5.41) is 4.73.